The minimum absolute atomic E-state index is 0.0781. The lowest BCUT2D eigenvalue weighted by atomic mass is 9.43. The molecule has 258 valence electrons. The average molecular weight is 715 g/mol. The molecule has 20 heteroatoms. The molecule has 4 rings (SSSR count). The molecule has 0 bridgehead atoms. The predicted octanol–water partition coefficient (Wildman–Crippen LogP) is 2.66. The maximum atomic E-state index is 12.2. The molecule has 4 saturated carbocycles. The summed E-state index contributed by atoms with van der Waals surface area (Å²) < 4.78 is 151. The maximum absolute atomic E-state index is 12.2. The molecule has 0 aromatic heterocycles. The SMILES string of the molecule is CC(CCCOS(=O)(=O)O)C1CCC2C3C(OS(=O)(=O)O)CC4CC(OS(=O)(=O)O)CCC4(C)C3CC(OS(=O)(=O)O)C12C. The van der Waals surface area contributed by atoms with Crippen molar-refractivity contribution < 1.29 is 68.6 Å². The summed E-state index contributed by atoms with van der Waals surface area (Å²) >= 11 is 0. The van der Waals surface area contributed by atoms with Crippen molar-refractivity contribution in [1.82, 2.24) is 0 Å². The molecule has 0 heterocycles. The molecule has 0 saturated heterocycles. The molecule has 4 aliphatic carbocycles. The van der Waals surface area contributed by atoms with E-state index in [9.17, 15) is 47.3 Å². The fraction of sp³-hybridized carbons (Fsp3) is 1.00. The Kier molecular flexibility index (Phi) is 10.3. The van der Waals surface area contributed by atoms with Gasteiger partial charge in [0.15, 0.2) is 0 Å². The summed E-state index contributed by atoms with van der Waals surface area (Å²) in [5, 5.41) is 0. The summed E-state index contributed by atoms with van der Waals surface area (Å²) in [4.78, 5) is 0. The van der Waals surface area contributed by atoms with Crippen LogP contribution in [0.15, 0.2) is 0 Å². The lowest BCUT2D eigenvalue weighted by molar-refractivity contribution is -0.196. The van der Waals surface area contributed by atoms with Crippen LogP contribution in [0, 0.1) is 46.3 Å². The summed E-state index contributed by atoms with van der Waals surface area (Å²) in [6.45, 7) is 5.43. The largest absolute Gasteiger partial charge is 0.397 e. The van der Waals surface area contributed by atoms with Crippen molar-refractivity contribution in [3.05, 3.63) is 0 Å². The highest BCUT2D eigenvalue weighted by atomic mass is 32.3. The van der Waals surface area contributed by atoms with Crippen LogP contribution in [-0.4, -0.2) is 76.8 Å². The van der Waals surface area contributed by atoms with Gasteiger partial charge in [0.25, 0.3) is 0 Å². The first-order chi connectivity index (χ1) is 19.9. The Morgan fingerprint density at radius 3 is 1.93 bits per heavy atom. The van der Waals surface area contributed by atoms with Crippen molar-refractivity contribution in [3.8, 4) is 0 Å². The van der Waals surface area contributed by atoms with Crippen LogP contribution < -0.4 is 0 Å². The fourth-order valence-electron chi connectivity index (χ4n) is 9.64. The third-order valence-electron chi connectivity index (χ3n) is 11.2. The highest BCUT2D eigenvalue weighted by Crippen LogP contribution is 2.69. The van der Waals surface area contributed by atoms with Gasteiger partial charge in [-0.25, -0.2) is 16.7 Å². The molecule has 44 heavy (non-hydrogen) atoms. The van der Waals surface area contributed by atoms with Crippen molar-refractivity contribution in [2.75, 3.05) is 6.61 Å². The zero-order valence-corrected chi connectivity index (χ0v) is 27.9. The minimum Gasteiger partial charge on any atom is -0.264 e. The average Bonchev–Trinajstić information content (AvgIpc) is 3.18. The molecule has 4 fully saturated rings. The first kappa shape index (κ1) is 36.3. The van der Waals surface area contributed by atoms with Gasteiger partial charge >= 0.3 is 41.6 Å². The second kappa shape index (κ2) is 12.5. The predicted molar refractivity (Wildman–Crippen MR) is 151 cm³/mol. The Morgan fingerprint density at radius 2 is 1.36 bits per heavy atom. The fourth-order valence-corrected chi connectivity index (χ4v) is 11.6. The summed E-state index contributed by atoms with van der Waals surface area (Å²) in [6.07, 6.45) is -0.227. The van der Waals surface area contributed by atoms with Crippen LogP contribution in [0.1, 0.15) is 78.6 Å². The number of fused-ring (bicyclic) bond motifs is 5. The van der Waals surface area contributed by atoms with Crippen LogP contribution in [0.3, 0.4) is 0 Å². The van der Waals surface area contributed by atoms with E-state index in [0.717, 1.165) is 0 Å². The molecule has 4 N–H and O–H groups in total. The molecule has 16 nitrogen and oxygen atoms in total. The quantitative estimate of drug-likeness (QED) is 0.167. The van der Waals surface area contributed by atoms with Gasteiger partial charge in [-0.3, -0.25) is 18.2 Å². The third-order valence-corrected chi connectivity index (χ3v) is 13.2. The zero-order chi connectivity index (χ0) is 33.1. The Labute approximate surface area is 259 Å². The van der Waals surface area contributed by atoms with Gasteiger partial charge in [0.2, 0.25) is 0 Å². The van der Waals surface area contributed by atoms with Gasteiger partial charge in [-0.15, -0.1) is 0 Å². The van der Waals surface area contributed by atoms with Crippen LogP contribution in [0.5, 0.6) is 0 Å². The molecule has 0 aromatic rings. The second-order valence-electron chi connectivity index (χ2n) is 13.4. The molecule has 0 radical (unpaired) electrons. The summed E-state index contributed by atoms with van der Waals surface area (Å²) in [6, 6.07) is 0. The highest BCUT2D eigenvalue weighted by Gasteiger charge is 2.67. The van der Waals surface area contributed by atoms with E-state index < -0.39 is 88.5 Å². The summed E-state index contributed by atoms with van der Waals surface area (Å²) in [5.41, 5.74) is -1.53. The molecule has 4 aliphatic rings. The molecular weight excluding hydrogens is 673 g/mol. The lowest BCUT2D eigenvalue weighted by Crippen LogP contribution is -2.63. The number of hydrogen-bond donors (Lipinski definition) is 4. The van der Waals surface area contributed by atoms with E-state index >= 15 is 0 Å². The van der Waals surface area contributed by atoms with Gasteiger partial charge in [-0.05, 0) is 98.7 Å². The lowest BCUT2D eigenvalue weighted by Gasteiger charge is -2.64. The van der Waals surface area contributed by atoms with Gasteiger partial charge in [0.05, 0.1) is 24.9 Å². The highest BCUT2D eigenvalue weighted by molar-refractivity contribution is 7.81. The van der Waals surface area contributed by atoms with Gasteiger partial charge in [-0.1, -0.05) is 20.8 Å². The standard InChI is InChI=1S/C24H42O16S4/c1-14(5-4-10-37-41(25,26)27)17-6-7-18-22-19(13-21(24(17,18)3)40-44(34,35)36)23(2)9-8-16(38-42(28,29)30)11-15(23)12-20(22)39-43(31,32)33/h14-22H,4-13H2,1-3H3,(H,25,26,27)(H,28,29,30)(H,31,32,33)(H,34,35,36). The van der Waals surface area contributed by atoms with E-state index in [2.05, 4.69) is 4.18 Å². The van der Waals surface area contributed by atoms with Crippen molar-refractivity contribution in [3.63, 3.8) is 0 Å². The third kappa shape index (κ3) is 8.12. The smallest absolute Gasteiger partial charge is 0.264 e. The molecule has 11 atom stereocenters. The van der Waals surface area contributed by atoms with Crippen molar-refractivity contribution in [1.29, 1.82) is 0 Å². The van der Waals surface area contributed by atoms with Crippen LogP contribution in [-0.2, 0) is 58.3 Å². The van der Waals surface area contributed by atoms with E-state index in [1.54, 1.807) is 0 Å². The van der Waals surface area contributed by atoms with Gasteiger partial charge < -0.3 is 0 Å². The van der Waals surface area contributed by atoms with Gasteiger partial charge in [0.1, 0.15) is 0 Å². The topological polar surface area (TPSA) is 254 Å². The van der Waals surface area contributed by atoms with Crippen molar-refractivity contribution in [2.45, 2.75) is 96.9 Å². The minimum atomic E-state index is -4.94. The van der Waals surface area contributed by atoms with Crippen LogP contribution in [0.25, 0.3) is 0 Å². The van der Waals surface area contributed by atoms with Crippen LogP contribution in [0.2, 0.25) is 0 Å². The van der Waals surface area contributed by atoms with Crippen LogP contribution in [0.4, 0.5) is 0 Å². The van der Waals surface area contributed by atoms with E-state index in [0.29, 0.717) is 25.7 Å². The molecular formula is C24H42O16S4. The molecule has 0 spiro atoms. The van der Waals surface area contributed by atoms with Gasteiger partial charge in [0, 0.05) is 5.41 Å². The van der Waals surface area contributed by atoms with Crippen molar-refractivity contribution in [2.24, 2.45) is 46.3 Å². The zero-order valence-electron chi connectivity index (χ0n) is 24.6. The number of hydrogen-bond acceptors (Lipinski definition) is 12. The van der Waals surface area contributed by atoms with E-state index in [4.69, 9.17) is 17.1 Å². The molecule has 0 aliphatic heterocycles. The molecule has 0 aromatic carbocycles. The van der Waals surface area contributed by atoms with Crippen LogP contribution >= 0.6 is 0 Å². The maximum Gasteiger partial charge on any atom is 0.397 e. The summed E-state index contributed by atoms with van der Waals surface area (Å²) in [7, 11) is -19.3. The van der Waals surface area contributed by atoms with Gasteiger partial charge in [-0.2, -0.15) is 33.7 Å². The first-order valence-corrected chi connectivity index (χ1v) is 20.0. The van der Waals surface area contributed by atoms with E-state index in [-0.39, 0.29) is 56.5 Å². The summed E-state index contributed by atoms with van der Waals surface area (Å²) in [5.74, 6) is -2.07. The first-order valence-electron chi connectivity index (χ1n) is 14.5. The second-order valence-corrected chi connectivity index (χ2v) is 17.6. The molecule has 11 unspecified atom stereocenters. The Morgan fingerprint density at radius 1 is 0.750 bits per heavy atom. The van der Waals surface area contributed by atoms with Crippen molar-refractivity contribution >= 4 is 41.6 Å². The van der Waals surface area contributed by atoms with E-state index in [1.807, 2.05) is 20.8 Å². The Balaban J connectivity index is 1.71. The Bertz CT molecular complexity index is 1500. The number of rotatable bonds is 12. The normalized spacial score (nSPS) is 40.5. The monoisotopic (exact) mass is 714 g/mol. The molecule has 0 amide bonds. The van der Waals surface area contributed by atoms with E-state index in [1.165, 1.54) is 0 Å². The Hall–Kier alpha value is -0.520.